The van der Waals surface area contributed by atoms with E-state index in [-0.39, 0.29) is 6.09 Å². The summed E-state index contributed by atoms with van der Waals surface area (Å²) in [6.45, 7) is 12.4. The van der Waals surface area contributed by atoms with Crippen molar-refractivity contribution >= 4 is 11.8 Å². The normalized spacial score (nSPS) is 16.3. The Bertz CT molecular complexity index is 551. The van der Waals surface area contributed by atoms with Crippen molar-refractivity contribution in [3.63, 3.8) is 0 Å². The van der Waals surface area contributed by atoms with Gasteiger partial charge in [0.1, 0.15) is 12.2 Å². The van der Waals surface area contributed by atoms with Crippen LogP contribution in [0.2, 0.25) is 0 Å². The number of rotatable bonds is 7. The maximum Gasteiger partial charge on any atom is 0.407 e. The van der Waals surface area contributed by atoms with Crippen LogP contribution in [0.1, 0.15) is 20.8 Å². The smallest absolute Gasteiger partial charge is 0.407 e. The molecule has 1 aromatic rings. The van der Waals surface area contributed by atoms with Crippen molar-refractivity contribution in [2.24, 2.45) is 0 Å². The molecule has 26 heavy (non-hydrogen) atoms. The van der Waals surface area contributed by atoms with E-state index in [1.54, 1.807) is 18.3 Å². The molecule has 0 saturated carbocycles. The van der Waals surface area contributed by atoms with E-state index < -0.39 is 5.60 Å². The molecule has 0 unspecified atom stereocenters. The van der Waals surface area contributed by atoms with Crippen molar-refractivity contribution < 1.29 is 14.3 Å². The van der Waals surface area contributed by atoms with E-state index in [1.807, 2.05) is 20.8 Å². The summed E-state index contributed by atoms with van der Waals surface area (Å²) in [4.78, 5) is 20.5. The quantitative estimate of drug-likeness (QED) is 0.749. The number of nitrogen functional groups attached to an aromatic ring is 1. The van der Waals surface area contributed by atoms with Gasteiger partial charge in [-0.05, 0) is 26.8 Å². The molecule has 2 rings (SSSR count). The zero-order chi connectivity index (χ0) is 19.0. The van der Waals surface area contributed by atoms with Crippen LogP contribution in [0.5, 0.6) is 5.88 Å². The standard InChI is InChI=1S/C18H31N5O3/c1-18(2,3)26-17(24)20-6-7-22-8-10-23(11-9-22)12-13-25-16-5-4-15(19)14-21-16/h4-5,14H,6-13,19H2,1-3H3,(H,20,24). The maximum absolute atomic E-state index is 11.6. The predicted octanol–water partition coefficient (Wildman–Crippen LogP) is 1.18. The Balaban J connectivity index is 1.54. The molecular formula is C18H31N5O3. The average molecular weight is 365 g/mol. The molecule has 1 saturated heterocycles. The fourth-order valence-corrected chi connectivity index (χ4v) is 2.62. The number of amides is 1. The minimum absolute atomic E-state index is 0.357. The number of hydrogen-bond acceptors (Lipinski definition) is 7. The number of nitrogens with zero attached hydrogens (tertiary/aromatic N) is 3. The Morgan fingerprint density at radius 2 is 1.85 bits per heavy atom. The van der Waals surface area contributed by atoms with E-state index in [2.05, 4.69) is 20.1 Å². The predicted molar refractivity (Wildman–Crippen MR) is 101 cm³/mol. The topological polar surface area (TPSA) is 93.0 Å². The first-order valence-electron chi connectivity index (χ1n) is 9.08. The Morgan fingerprint density at radius 1 is 1.19 bits per heavy atom. The van der Waals surface area contributed by atoms with Crippen molar-refractivity contribution in [1.29, 1.82) is 0 Å². The SMILES string of the molecule is CC(C)(C)OC(=O)NCCN1CCN(CCOc2ccc(N)cn2)CC1. The van der Waals surface area contributed by atoms with Crippen molar-refractivity contribution in [3.8, 4) is 5.88 Å². The van der Waals surface area contributed by atoms with Gasteiger partial charge < -0.3 is 20.5 Å². The lowest BCUT2D eigenvalue weighted by Crippen LogP contribution is -2.49. The second kappa shape index (κ2) is 9.59. The van der Waals surface area contributed by atoms with Gasteiger partial charge in [-0.3, -0.25) is 9.80 Å². The molecule has 1 aliphatic heterocycles. The summed E-state index contributed by atoms with van der Waals surface area (Å²) < 4.78 is 10.9. The summed E-state index contributed by atoms with van der Waals surface area (Å²) in [6, 6.07) is 3.57. The molecule has 146 valence electrons. The number of alkyl carbamates (subject to hydrolysis) is 1. The first-order valence-corrected chi connectivity index (χ1v) is 9.08. The number of carbonyl (C=O) groups is 1. The van der Waals surface area contributed by atoms with Crippen LogP contribution in [0, 0.1) is 0 Å². The molecule has 1 aliphatic rings. The second-order valence-corrected chi connectivity index (χ2v) is 7.39. The van der Waals surface area contributed by atoms with Crippen LogP contribution in [-0.4, -0.2) is 78.9 Å². The lowest BCUT2D eigenvalue weighted by molar-refractivity contribution is 0.0515. The highest BCUT2D eigenvalue weighted by Crippen LogP contribution is 2.09. The molecule has 1 amide bonds. The van der Waals surface area contributed by atoms with Gasteiger partial charge in [0.15, 0.2) is 0 Å². The summed E-state index contributed by atoms with van der Waals surface area (Å²) in [5.74, 6) is 0.603. The van der Waals surface area contributed by atoms with Gasteiger partial charge in [-0.15, -0.1) is 0 Å². The molecular weight excluding hydrogens is 334 g/mol. The highest BCUT2D eigenvalue weighted by molar-refractivity contribution is 5.67. The van der Waals surface area contributed by atoms with Crippen LogP contribution in [-0.2, 0) is 4.74 Å². The van der Waals surface area contributed by atoms with Crippen LogP contribution in [0.3, 0.4) is 0 Å². The minimum Gasteiger partial charge on any atom is -0.476 e. The molecule has 0 aromatic carbocycles. The fraction of sp³-hybridized carbons (Fsp3) is 0.667. The highest BCUT2D eigenvalue weighted by atomic mass is 16.6. The number of nitrogens with one attached hydrogen (secondary N) is 1. The first-order chi connectivity index (χ1) is 12.3. The van der Waals surface area contributed by atoms with E-state index in [9.17, 15) is 4.79 Å². The van der Waals surface area contributed by atoms with E-state index in [4.69, 9.17) is 15.2 Å². The monoisotopic (exact) mass is 365 g/mol. The van der Waals surface area contributed by atoms with Gasteiger partial charge in [0.25, 0.3) is 0 Å². The fourth-order valence-electron chi connectivity index (χ4n) is 2.62. The van der Waals surface area contributed by atoms with E-state index in [0.717, 1.165) is 39.3 Å². The highest BCUT2D eigenvalue weighted by Gasteiger charge is 2.18. The largest absolute Gasteiger partial charge is 0.476 e. The van der Waals surface area contributed by atoms with E-state index in [1.165, 1.54) is 0 Å². The van der Waals surface area contributed by atoms with Crippen LogP contribution < -0.4 is 15.8 Å². The molecule has 8 heteroatoms. The number of piperazine rings is 1. The molecule has 0 spiro atoms. The van der Waals surface area contributed by atoms with Gasteiger partial charge in [-0.2, -0.15) is 0 Å². The van der Waals surface area contributed by atoms with Gasteiger partial charge >= 0.3 is 6.09 Å². The number of hydrogen-bond donors (Lipinski definition) is 2. The summed E-state index contributed by atoms with van der Waals surface area (Å²) in [6.07, 6.45) is 1.24. The second-order valence-electron chi connectivity index (χ2n) is 7.39. The molecule has 1 aromatic heterocycles. The third kappa shape index (κ3) is 7.88. The van der Waals surface area contributed by atoms with Crippen LogP contribution in [0.15, 0.2) is 18.3 Å². The Kier molecular flexibility index (Phi) is 7.47. The van der Waals surface area contributed by atoms with Crippen molar-refractivity contribution in [2.45, 2.75) is 26.4 Å². The van der Waals surface area contributed by atoms with E-state index >= 15 is 0 Å². The minimum atomic E-state index is -0.459. The van der Waals surface area contributed by atoms with Gasteiger partial charge in [0.05, 0.1) is 11.9 Å². The molecule has 0 aliphatic carbocycles. The number of anilines is 1. The molecule has 1 fully saturated rings. The van der Waals surface area contributed by atoms with Crippen molar-refractivity contribution in [3.05, 3.63) is 18.3 Å². The number of carbonyl (C=O) groups excluding carboxylic acids is 1. The first kappa shape index (κ1) is 20.3. The molecule has 2 heterocycles. The number of pyridine rings is 1. The average Bonchev–Trinajstić information content (AvgIpc) is 2.56. The summed E-state index contributed by atoms with van der Waals surface area (Å²) >= 11 is 0. The molecule has 8 nitrogen and oxygen atoms in total. The summed E-state index contributed by atoms with van der Waals surface area (Å²) in [7, 11) is 0. The van der Waals surface area contributed by atoms with Crippen LogP contribution in [0.25, 0.3) is 0 Å². The third-order valence-corrected chi connectivity index (χ3v) is 3.98. The van der Waals surface area contributed by atoms with Gasteiger partial charge in [0.2, 0.25) is 5.88 Å². The maximum atomic E-state index is 11.6. The molecule has 3 N–H and O–H groups in total. The zero-order valence-electron chi connectivity index (χ0n) is 16.0. The Morgan fingerprint density at radius 3 is 2.42 bits per heavy atom. The Hall–Kier alpha value is -2.06. The lowest BCUT2D eigenvalue weighted by Gasteiger charge is -2.34. The van der Waals surface area contributed by atoms with Gasteiger partial charge in [-0.25, -0.2) is 9.78 Å². The molecule has 0 bridgehead atoms. The van der Waals surface area contributed by atoms with Crippen molar-refractivity contribution in [2.75, 3.05) is 58.2 Å². The summed E-state index contributed by atoms with van der Waals surface area (Å²) in [5.41, 5.74) is 5.78. The van der Waals surface area contributed by atoms with Crippen molar-refractivity contribution in [1.82, 2.24) is 20.1 Å². The van der Waals surface area contributed by atoms with Crippen LogP contribution in [0.4, 0.5) is 10.5 Å². The summed E-state index contributed by atoms with van der Waals surface area (Å²) in [5, 5.41) is 2.80. The Labute approximate surface area is 155 Å². The lowest BCUT2D eigenvalue weighted by atomic mass is 10.2. The molecule has 0 radical (unpaired) electrons. The third-order valence-electron chi connectivity index (χ3n) is 3.98. The number of ether oxygens (including phenoxy) is 2. The van der Waals surface area contributed by atoms with Crippen LogP contribution >= 0.6 is 0 Å². The zero-order valence-corrected chi connectivity index (χ0v) is 16.0. The van der Waals surface area contributed by atoms with E-state index in [0.29, 0.717) is 24.7 Å². The van der Waals surface area contributed by atoms with Gasteiger partial charge in [-0.1, -0.05) is 0 Å². The molecule has 0 atom stereocenters. The number of nitrogens with two attached hydrogens (primary N) is 1. The van der Waals surface area contributed by atoms with Gasteiger partial charge in [0, 0.05) is 51.9 Å². The number of aromatic nitrogens is 1.